The fourth-order valence-electron chi connectivity index (χ4n) is 1.64. The number of carbonyl (C=O) groups is 1. The predicted octanol–water partition coefficient (Wildman–Crippen LogP) is 2.72. The van der Waals surface area contributed by atoms with E-state index in [4.69, 9.17) is 17.4 Å². The molecule has 0 aliphatic carbocycles. The largest absolute Gasteiger partial charge is 0.323 e. The van der Waals surface area contributed by atoms with Gasteiger partial charge in [0, 0.05) is 16.9 Å². The van der Waals surface area contributed by atoms with Gasteiger partial charge >= 0.3 is 0 Å². The Kier molecular flexibility index (Phi) is 4.16. The summed E-state index contributed by atoms with van der Waals surface area (Å²) in [5.74, 6) is 4.21. The highest BCUT2D eigenvalue weighted by Gasteiger charge is 2.14. The Bertz CT molecular complexity index is 663. The summed E-state index contributed by atoms with van der Waals surface area (Å²) < 4.78 is 13.6. The molecule has 104 valence electrons. The minimum atomic E-state index is -0.617. The van der Waals surface area contributed by atoms with Crippen LogP contribution in [0.1, 0.15) is 16.1 Å². The van der Waals surface area contributed by atoms with Gasteiger partial charge in [0.1, 0.15) is 5.82 Å². The third-order valence-electron chi connectivity index (χ3n) is 2.62. The van der Waals surface area contributed by atoms with Crippen LogP contribution in [0.15, 0.2) is 30.5 Å². The van der Waals surface area contributed by atoms with Gasteiger partial charge in [-0.15, -0.1) is 0 Å². The van der Waals surface area contributed by atoms with Crippen molar-refractivity contribution in [3.05, 3.63) is 52.6 Å². The van der Waals surface area contributed by atoms with Crippen LogP contribution in [0.5, 0.6) is 0 Å². The molecule has 4 N–H and O–H groups in total. The van der Waals surface area contributed by atoms with E-state index in [-0.39, 0.29) is 16.3 Å². The number of amides is 1. The summed E-state index contributed by atoms with van der Waals surface area (Å²) in [5.41, 5.74) is 3.76. The number of benzene rings is 1. The van der Waals surface area contributed by atoms with Gasteiger partial charge in [-0.2, -0.15) is 0 Å². The zero-order valence-electron chi connectivity index (χ0n) is 10.6. The Hall–Kier alpha value is -2.18. The number of carbonyl (C=O) groups excluding carboxylic acids is 1. The summed E-state index contributed by atoms with van der Waals surface area (Å²) in [7, 11) is 0. The van der Waals surface area contributed by atoms with Crippen LogP contribution in [0, 0.1) is 12.7 Å². The van der Waals surface area contributed by atoms with E-state index >= 15 is 0 Å². The SMILES string of the molecule is Cc1cc(NN)c(C(=O)Nc2ccc(Cl)cc2F)cn1. The number of rotatable bonds is 3. The molecule has 20 heavy (non-hydrogen) atoms. The molecule has 7 heteroatoms. The fraction of sp³-hybridized carbons (Fsp3) is 0.0769. The molecule has 0 fully saturated rings. The number of hydrogen-bond donors (Lipinski definition) is 3. The number of pyridine rings is 1. The van der Waals surface area contributed by atoms with E-state index in [0.29, 0.717) is 11.4 Å². The molecule has 2 rings (SSSR count). The van der Waals surface area contributed by atoms with Crippen LogP contribution in [0.3, 0.4) is 0 Å². The first-order valence-electron chi connectivity index (χ1n) is 5.71. The standard InChI is InChI=1S/C13H12ClFN4O/c1-7-4-12(19-16)9(6-17-7)13(20)18-11-3-2-8(14)5-10(11)15/h2-6H,16H2,1H3,(H,17,19)(H,18,20). The number of nitrogens with two attached hydrogens (primary N) is 1. The van der Waals surface area contributed by atoms with Crippen molar-refractivity contribution in [1.82, 2.24) is 4.98 Å². The van der Waals surface area contributed by atoms with Gasteiger partial charge in [-0.1, -0.05) is 11.6 Å². The van der Waals surface area contributed by atoms with Gasteiger partial charge in [-0.3, -0.25) is 15.6 Å². The molecule has 0 saturated heterocycles. The second kappa shape index (κ2) is 5.85. The highest BCUT2D eigenvalue weighted by Crippen LogP contribution is 2.21. The lowest BCUT2D eigenvalue weighted by Crippen LogP contribution is -2.18. The van der Waals surface area contributed by atoms with E-state index in [1.807, 2.05) is 0 Å². The highest BCUT2D eigenvalue weighted by molar-refractivity contribution is 6.30. The molecular weight excluding hydrogens is 283 g/mol. The highest BCUT2D eigenvalue weighted by atomic mass is 35.5. The molecule has 1 amide bonds. The van der Waals surface area contributed by atoms with E-state index in [1.165, 1.54) is 18.3 Å². The maximum absolute atomic E-state index is 13.6. The van der Waals surface area contributed by atoms with Crippen LogP contribution in [0.4, 0.5) is 15.8 Å². The van der Waals surface area contributed by atoms with Crippen molar-refractivity contribution in [2.45, 2.75) is 6.92 Å². The number of nitrogen functional groups attached to an aromatic ring is 1. The molecule has 0 unspecified atom stereocenters. The van der Waals surface area contributed by atoms with E-state index in [2.05, 4.69) is 15.7 Å². The number of nitrogens with one attached hydrogen (secondary N) is 2. The smallest absolute Gasteiger partial charge is 0.259 e. The number of hydrazine groups is 1. The second-order valence-electron chi connectivity index (χ2n) is 4.09. The van der Waals surface area contributed by atoms with Crippen LogP contribution in [-0.2, 0) is 0 Å². The first-order valence-corrected chi connectivity index (χ1v) is 6.08. The number of aryl methyl sites for hydroxylation is 1. The molecule has 0 bridgehead atoms. The number of nitrogens with zero attached hydrogens (tertiary/aromatic N) is 1. The Morgan fingerprint density at radius 2 is 2.10 bits per heavy atom. The lowest BCUT2D eigenvalue weighted by molar-refractivity contribution is 0.102. The molecule has 0 radical (unpaired) electrons. The van der Waals surface area contributed by atoms with Gasteiger partial charge in [0.2, 0.25) is 0 Å². The molecule has 0 atom stereocenters. The molecule has 0 aliphatic rings. The molecule has 0 saturated carbocycles. The van der Waals surface area contributed by atoms with Crippen molar-refractivity contribution in [2.75, 3.05) is 10.7 Å². The lowest BCUT2D eigenvalue weighted by Gasteiger charge is -2.10. The van der Waals surface area contributed by atoms with Crippen molar-refractivity contribution >= 4 is 28.9 Å². The summed E-state index contributed by atoms with van der Waals surface area (Å²) in [6.07, 6.45) is 1.37. The van der Waals surface area contributed by atoms with Gasteiger partial charge in [0.15, 0.2) is 0 Å². The summed E-state index contributed by atoms with van der Waals surface area (Å²) >= 11 is 5.65. The minimum Gasteiger partial charge on any atom is -0.323 e. The maximum atomic E-state index is 13.6. The normalized spacial score (nSPS) is 10.2. The first kappa shape index (κ1) is 14.2. The number of aromatic nitrogens is 1. The van der Waals surface area contributed by atoms with Crippen LogP contribution >= 0.6 is 11.6 Å². The number of anilines is 2. The summed E-state index contributed by atoms with van der Waals surface area (Å²) in [5, 5.41) is 2.69. The van der Waals surface area contributed by atoms with Crippen molar-refractivity contribution in [1.29, 1.82) is 0 Å². The lowest BCUT2D eigenvalue weighted by atomic mass is 10.2. The van der Waals surface area contributed by atoms with E-state index in [0.717, 1.165) is 6.07 Å². The van der Waals surface area contributed by atoms with Crippen molar-refractivity contribution < 1.29 is 9.18 Å². The van der Waals surface area contributed by atoms with Gasteiger partial charge in [0.25, 0.3) is 5.91 Å². The third kappa shape index (κ3) is 3.04. The molecule has 1 aromatic heterocycles. The van der Waals surface area contributed by atoms with Crippen LogP contribution in [0.25, 0.3) is 0 Å². The van der Waals surface area contributed by atoms with Gasteiger partial charge in [0.05, 0.1) is 16.9 Å². The van der Waals surface area contributed by atoms with Crippen LogP contribution in [0.2, 0.25) is 5.02 Å². The minimum absolute atomic E-state index is 0.0305. The Morgan fingerprint density at radius 1 is 1.35 bits per heavy atom. The predicted molar refractivity (Wildman–Crippen MR) is 76.1 cm³/mol. The van der Waals surface area contributed by atoms with E-state index in [1.54, 1.807) is 13.0 Å². The summed E-state index contributed by atoms with van der Waals surface area (Å²) in [6.45, 7) is 1.77. The van der Waals surface area contributed by atoms with Crippen molar-refractivity contribution in [3.63, 3.8) is 0 Å². The van der Waals surface area contributed by atoms with Crippen LogP contribution in [-0.4, -0.2) is 10.9 Å². The molecule has 5 nitrogen and oxygen atoms in total. The summed E-state index contributed by atoms with van der Waals surface area (Å²) in [4.78, 5) is 16.1. The van der Waals surface area contributed by atoms with Crippen molar-refractivity contribution in [3.8, 4) is 0 Å². The topological polar surface area (TPSA) is 80.0 Å². The van der Waals surface area contributed by atoms with Crippen molar-refractivity contribution in [2.24, 2.45) is 5.84 Å². The van der Waals surface area contributed by atoms with E-state index in [9.17, 15) is 9.18 Å². The molecule has 0 aliphatic heterocycles. The van der Waals surface area contributed by atoms with E-state index < -0.39 is 11.7 Å². The first-order chi connectivity index (χ1) is 9.51. The molecular formula is C13H12ClFN4O. The quantitative estimate of drug-likeness (QED) is 0.600. The summed E-state index contributed by atoms with van der Waals surface area (Å²) in [6, 6.07) is 5.60. The molecule has 1 aromatic carbocycles. The third-order valence-corrected chi connectivity index (χ3v) is 2.86. The zero-order chi connectivity index (χ0) is 14.7. The number of hydrogen-bond acceptors (Lipinski definition) is 4. The monoisotopic (exact) mass is 294 g/mol. The van der Waals surface area contributed by atoms with Gasteiger partial charge < -0.3 is 10.7 Å². The van der Waals surface area contributed by atoms with Gasteiger partial charge in [-0.05, 0) is 31.2 Å². The Balaban J connectivity index is 2.28. The Labute approximate surface area is 119 Å². The molecule has 0 spiro atoms. The average Bonchev–Trinajstić information content (AvgIpc) is 2.41. The average molecular weight is 295 g/mol. The molecule has 1 heterocycles. The maximum Gasteiger partial charge on any atom is 0.259 e. The fourth-order valence-corrected chi connectivity index (χ4v) is 1.80. The Morgan fingerprint density at radius 3 is 2.75 bits per heavy atom. The number of halogens is 2. The molecule has 2 aromatic rings. The van der Waals surface area contributed by atoms with Crippen LogP contribution < -0.4 is 16.6 Å². The zero-order valence-corrected chi connectivity index (χ0v) is 11.3. The van der Waals surface area contributed by atoms with Gasteiger partial charge in [-0.25, -0.2) is 4.39 Å². The second-order valence-corrected chi connectivity index (χ2v) is 4.53.